The van der Waals surface area contributed by atoms with Crippen LogP contribution in [-0.2, 0) is 0 Å². The van der Waals surface area contributed by atoms with Crippen LogP contribution in [-0.4, -0.2) is 44.7 Å². The van der Waals surface area contributed by atoms with E-state index in [2.05, 4.69) is 133 Å². The molecule has 2 aromatic rings. The lowest BCUT2D eigenvalue weighted by Crippen LogP contribution is -2.44. The molecule has 0 unspecified atom stereocenters. The third kappa shape index (κ3) is 4.91. The maximum Gasteiger partial charge on any atom is 0.169 e. The Morgan fingerprint density at radius 1 is 0.706 bits per heavy atom. The largest absolute Gasteiger partial charge is 0.243 e. The first-order valence-electron chi connectivity index (χ1n) is 12.8. The summed E-state index contributed by atoms with van der Waals surface area (Å²) in [5.74, 6) is 0. The number of allylic oxidation sites excluding steroid dienone is 1. The highest BCUT2D eigenvalue weighted by Crippen LogP contribution is 2.62. The highest BCUT2D eigenvalue weighted by molar-refractivity contribution is 7.70. The Kier molecular flexibility index (Phi) is 8.16. The molecule has 3 nitrogen and oxygen atoms in total. The number of aryl methyl sites for hydroxylation is 3. The summed E-state index contributed by atoms with van der Waals surface area (Å²) in [5, 5.41) is 0. The molecular weight excluding hydrogens is 433 g/mol. The van der Waals surface area contributed by atoms with Crippen LogP contribution in [0, 0.1) is 20.8 Å². The second-order valence-corrected chi connectivity index (χ2v) is 13.3. The van der Waals surface area contributed by atoms with Gasteiger partial charge in [0.15, 0.2) is 7.34 Å². The third-order valence-electron chi connectivity index (χ3n) is 6.47. The molecule has 0 bridgehead atoms. The Balaban J connectivity index is 2.55. The van der Waals surface area contributed by atoms with Crippen molar-refractivity contribution < 1.29 is 0 Å². The summed E-state index contributed by atoms with van der Waals surface area (Å²) < 4.78 is 11.1. The monoisotopic (exact) mass is 477 g/mol. The molecule has 1 aliphatic rings. The quantitative estimate of drug-likeness (QED) is 0.360. The molecule has 0 fully saturated rings. The van der Waals surface area contributed by atoms with Gasteiger partial charge in [-0.05, 0) is 92.9 Å². The van der Waals surface area contributed by atoms with E-state index in [1.807, 2.05) is 0 Å². The van der Waals surface area contributed by atoms with Crippen LogP contribution in [0.3, 0.4) is 0 Å². The van der Waals surface area contributed by atoms with Crippen molar-refractivity contribution in [2.75, 3.05) is 0 Å². The predicted octanol–water partition coefficient (Wildman–Crippen LogP) is 7.90. The van der Waals surface area contributed by atoms with Crippen molar-refractivity contribution in [3.05, 3.63) is 70.3 Å². The summed E-state index contributed by atoms with van der Waals surface area (Å²) in [5.41, 5.74) is 12.8. The SMILES string of the molecule is Cc1cc(C)c(C2=C=P(N(C(C)C)C(C)C)(N(C(C)C)C(C)C)N=C2c2ccccc2)c(C)c1. The van der Waals surface area contributed by atoms with Gasteiger partial charge in [-0.1, -0.05) is 53.5 Å². The van der Waals surface area contributed by atoms with Gasteiger partial charge in [0.05, 0.1) is 11.3 Å². The number of hydrogen-bond acceptors (Lipinski definition) is 3. The summed E-state index contributed by atoms with van der Waals surface area (Å²) >= 11 is 0. The second-order valence-electron chi connectivity index (χ2n) is 10.8. The van der Waals surface area contributed by atoms with Crippen LogP contribution in [0.2, 0.25) is 0 Å². The standard InChI is InChI=1S/C30H44N3P/c1-20(2)32(21(3)4)34(33(22(5)6)23(7)8)19-28(29-25(10)17-24(9)18-26(29)11)30(31-34)27-15-13-12-14-16-27/h12-18,20-23H,1-11H3. The first-order valence-corrected chi connectivity index (χ1v) is 14.4. The molecule has 34 heavy (non-hydrogen) atoms. The van der Waals surface area contributed by atoms with E-state index < -0.39 is 7.34 Å². The Labute approximate surface area is 208 Å². The van der Waals surface area contributed by atoms with E-state index in [1.165, 1.54) is 33.4 Å². The van der Waals surface area contributed by atoms with Crippen LogP contribution in [0.4, 0.5) is 0 Å². The summed E-state index contributed by atoms with van der Waals surface area (Å²) in [6.07, 6.45) is 0. The van der Waals surface area contributed by atoms with Gasteiger partial charge < -0.3 is 0 Å². The minimum Gasteiger partial charge on any atom is -0.243 e. The lowest BCUT2D eigenvalue weighted by molar-refractivity contribution is 0.254. The fourth-order valence-electron chi connectivity index (χ4n) is 5.78. The second kappa shape index (κ2) is 10.4. The summed E-state index contributed by atoms with van der Waals surface area (Å²) in [6, 6.07) is 16.7. The van der Waals surface area contributed by atoms with Gasteiger partial charge in [0.1, 0.15) is 0 Å². The van der Waals surface area contributed by atoms with E-state index in [1.54, 1.807) is 0 Å². The molecule has 0 aliphatic carbocycles. The molecule has 0 N–H and O–H groups in total. The van der Waals surface area contributed by atoms with Gasteiger partial charge in [-0.3, -0.25) is 0 Å². The van der Waals surface area contributed by atoms with Crippen LogP contribution in [0.15, 0.2) is 47.2 Å². The van der Waals surface area contributed by atoms with Gasteiger partial charge in [-0.15, -0.1) is 0 Å². The van der Waals surface area contributed by atoms with Crippen LogP contribution in [0.25, 0.3) is 5.57 Å². The molecule has 1 heterocycles. The maximum absolute atomic E-state index is 5.77. The number of benzene rings is 2. The van der Waals surface area contributed by atoms with Gasteiger partial charge in [0.2, 0.25) is 0 Å². The predicted molar refractivity (Wildman–Crippen MR) is 153 cm³/mol. The first kappa shape index (κ1) is 26.7. The summed E-state index contributed by atoms with van der Waals surface area (Å²) in [4.78, 5) is 0. The number of hydrogen-bond donors (Lipinski definition) is 0. The zero-order valence-corrected chi connectivity index (χ0v) is 24.0. The van der Waals surface area contributed by atoms with Crippen molar-refractivity contribution in [3.63, 3.8) is 0 Å². The van der Waals surface area contributed by atoms with Gasteiger partial charge in [-0.2, -0.15) is 0 Å². The van der Waals surface area contributed by atoms with Crippen LogP contribution in [0.5, 0.6) is 0 Å². The van der Waals surface area contributed by atoms with Crippen molar-refractivity contribution in [2.24, 2.45) is 4.76 Å². The lowest BCUT2D eigenvalue weighted by atomic mass is 9.90. The minimum absolute atomic E-state index is 0.348. The normalized spacial score (nSPS) is 15.7. The van der Waals surface area contributed by atoms with E-state index in [4.69, 9.17) is 4.76 Å². The van der Waals surface area contributed by atoms with E-state index in [0.717, 1.165) is 5.71 Å². The van der Waals surface area contributed by atoms with Crippen molar-refractivity contribution >= 4 is 24.1 Å². The van der Waals surface area contributed by atoms with E-state index in [9.17, 15) is 0 Å². The van der Waals surface area contributed by atoms with Gasteiger partial charge in [0.25, 0.3) is 0 Å². The van der Waals surface area contributed by atoms with Crippen LogP contribution >= 0.6 is 7.34 Å². The number of rotatable bonds is 8. The van der Waals surface area contributed by atoms with E-state index >= 15 is 0 Å². The zero-order chi connectivity index (χ0) is 25.4. The molecule has 0 aromatic heterocycles. The molecule has 0 spiro atoms. The van der Waals surface area contributed by atoms with Gasteiger partial charge >= 0.3 is 0 Å². The molecular formula is C30H44N3P. The third-order valence-corrected chi connectivity index (χ3v) is 10.6. The fourth-order valence-corrected chi connectivity index (χ4v) is 10.1. The Morgan fingerprint density at radius 2 is 1.15 bits per heavy atom. The highest BCUT2D eigenvalue weighted by atomic mass is 31.2. The molecule has 184 valence electrons. The summed E-state index contributed by atoms with van der Waals surface area (Å²) in [7, 11) is -2.32. The molecule has 1 aliphatic heterocycles. The summed E-state index contributed by atoms with van der Waals surface area (Å²) in [6.45, 7) is 25.1. The molecule has 0 saturated carbocycles. The number of nitrogens with zero attached hydrogens (tertiary/aromatic N) is 3. The Morgan fingerprint density at radius 3 is 1.56 bits per heavy atom. The van der Waals surface area contributed by atoms with Crippen molar-refractivity contribution in [1.29, 1.82) is 0 Å². The van der Waals surface area contributed by atoms with Crippen molar-refractivity contribution in [3.8, 4) is 0 Å². The highest BCUT2D eigenvalue weighted by Gasteiger charge is 2.42. The Hall–Kier alpha value is -1.89. The first-order chi connectivity index (χ1) is 15.9. The fraction of sp³-hybridized carbons (Fsp3) is 0.500. The zero-order valence-electron chi connectivity index (χ0n) is 23.1. The van der Waals surface area contributed by atoms with Crippen molar-refractivity contribution in [1.82, 2.24) is 9.34 Å². The molecule has 0 atom stereocenters. The van der Waals surface area contributed by atoms with Crippen LogP contribution < -0.4 is 0 Å². The molecule has 0 radical (unpaired) electrons. The van der Waals surface area contributed by atoms with Gasteiger partial charge in [0, 0.05) is 29.7 Å². The minimum atomic E-state index is -2.32. The van der Waals surface area contributed by atoms with Crippen molar-refractivity contribution in [2.45, 2.75) is 100 Å². The topological polar surface area (TPSA) is 18.8 Å². The molecule has 2 aromatic carbocycles. The smallest absolute Gasteiger partial charge is 0.169 e. The van der Waals surface area contributed by atoms with E-state index in [-0.39, 0.29) is 0 Å². The molecule has 0 saturated heterocycles. The van der Waals surface area contributed by atoms with Crippen LogP contribution in [0.1, 0.15) is 83.2 Å². The maximum atomic E-state index is 5.77. The lowest BCUT2D eigenvalue weighted by Gasteiger charge is -2.48. The molecule has 4 heteroatoms. The molecule has 3 rings (SSSR count). The van der Waals surface area contributed by atoms with E-state index in [0.29, 0.717) is 24.2 Å². The average molecular weight is 478 g/mol. The molecule has 0 amide bonds. The Bertz CT molecular complexity index is 1090. The van der Waals surface area contributed by atoms with Gasteiger partial charge in [-0.25, -0.2) is 14.1 Å². The average Bonchev–Trinajstić information content (AvgIpc) is 3.06.